The van der Waals surface area contributed by atoms with Gasteiger partial charge in [-0.1, -0.05) is 32.0 Å². The van der Waals surface area contributed by atoms with Crippen LogP contribution in [-0.4, -0.2) is 34.2 Å². The third kappa shape index (κ3) is 4.28. The van der Waals surface area contributed by atoms with E-state index in [2.05, 4.69) is 20.7 Å². The maximum Gasteiger partial charge on any atom is 0.263 e. The van der Waals surface area contributed by atoms with Gasteiger partial charge in [0.25, 0.3) is 10.0 Å². The fourth-order valence-corrected chi connectivity index (χ4v) is 6.28. The number of rotatable bonds is 7. The third-order valence-corrected chi connectivity index (χ3v) is 8.48. The van der Waals surface area contributed by atoms with Crippen LogP contribution in [0.25, 0.3) is 0 Å². The van der Waals surface area contributed by atoms with Crippen LogP contribution in [0.2, 0.25) is 0 Å². The highest BCUT2D eigenvalue weighted by Gasteiger charge is 2.25. The highest BCUT2D eigenvalue weighted by Crippen LogP contribution is 2.27. The summed E-state index contributed by atoms with van der Waals surface area (Å²) in [6.07, 6.45) is 0. The van der Waals surface area contributed by atoms with Gasteiger partial charge in [0.15, 0.2) is 0 Å². The lowest BCUT2D eigenvalue weighted by atomic mass is 10.2. The Labute approximate surface area is 163 Å². The molecule has 26 heavy (non-hydrogen) atoms. The zero-order valence-electron chi connectivity index (χ0n) is 14.7. The summed E-state index contributed by atoms with van der Waals surface area (Å²) in [5, 5.41) is 0. The molecule has 142 valence electrons. The lowest BCUT2D eigenvalue weighted by Gasteiger charge is -2.20. The van der Waals surface area contributed by atoms with Gasteiger partial charge in [-0.15, -0.1) is 0 Å². The van der Waals surface area contributed by atoms with Gasteiger partial charge in [-0.25, -0.2) is 16.8 Å². The molecular formula is C17H21BrN2O4S2. The number of nitrogens with zero attached hydrogens (tertiary/aromatic N) is 1. The molecule has 0 heterocycles. The Balaban J connectivity index is 2.47. The molecule has 0 unspecified atom stereocenters. The Morgan fingerprint density at radius 2 is 1.58 bits per heavy atom. The van der Waals surface area contributed by atoms with Crippen LogP contribution in [0.1, 0.15) is 19.4 Å². The smallest absolute Gasteiger partial charge is 0.263 e. The van der Waals surface area contributed by atoms with E-state index in [1.165, 1.54) is 16.4 Å². The van der Waals surface area contributed by atoms with Crippen molar-refractivity contribution in [3.8, 4) is 0 Å². The van der Waals surface area contributed by atoms with Gasteiger partial charge in [0, 0.05) is 17.6 Å². The highest BCUT2D eigenvalue weighted by atomic mass is 79.9. The monoisotopic (exact) mass is 460 g/mol. The van der Waals surface area contributed by atoms with Crippen molar-refractivity contribution < 1.29 is 16.8 Å². The summed E-state index contributed by atoms with van der Waals surface area (Å²) in [5.41, 5.74) is 0.748. The standard InChI is InChI=1S/C17H21BrN2O4S2/c1-4-20(5-2)26(23,24)17-12-14(11-10-13(17)3)19-25(21,22)16-9-7-6-8-15(16)18/h6-12,19H,4-5H2,1-3H3. The van der Waals surface area contributed by atoms with Gasteiger partial charge in [0.05, 0.1) is 10.6 Å². The molecule has 0 saturated carbocycles. The normalized spacial score (nSPS) is 12.3. The summed E-state index contributed by atoms with van der Waals surface area (Å²) in [5.74, 6) is 0. The molecule has 0 saturated heterocycles. The maximum absolute atomic E-state index is 12.8. The van der Waals surface area contributed by atoms with Gasteiger partial charge in [0.2, 0.25) is 10.0 Å². The number of anilines is 1. The van der Waals surface area contributed by atoms with E-state index >= 15 is 0 Å². The van der Waals surface area contributed by atoms with E-state index in [-0.39, 0.29) is 15.5 Å². The first kappa shape index (κ1) is 20.9. The van der Waals surface area contributed by atoms with Crippen molar-refractivity contribution in [2.24, 2.45) is 0 Å². The molecule has 0 atom stereocenters. The molecule has 0 amide bonds. The SMILES string of the molecule is CCN(CC)S(=O)(=O)c1cc(NS(=O)(=O)c2ccccc2Br)ccc1C. The number of halogens is 1. The Morgan fingerprint density at radius 3 is 2.15 bits per heavy atom. The first-order chi connectivity index (χ1) is 12.1. The minimum absolute atomic E-state index is 0.0775. The van der Waals surface area contributed by atoms with Gasteiger partial charge < -0.3 is 0 Å². The molecule has 0 aliphatic heterocycles. The van der Waals surface area contributed by atoms with E-state index in [4.69, 9.17) is 0 Å². The van der Waals surface area contributed by atoms with Gasteiger partial charge in [-0.2, -0.15) is 4.31 Å². The van der Waals surface area contributed by atoms with Crippen LogP contribution < -0.4 is 4.72 Å². The Kier molecular flexibility index (Phi) is 6.49. The molecule has 0 fully saturated rings. The molecule has 0 spiro atoms. The molecular weight excluding hydrogens is 440 g/mol. The largest absolute Gasteiger partial charge is 0.280 e. The first-order valence-corrected chi connectivity index (χ1v) is 11.7. The Bertz CT molecular complexity index is 1000. The van der Waals surface area contributed by atoms with Gasteiger partial charge in [-0.3, -0.25) is 4.72 Å². The first-order valence-electron chi connectivity index (χ1n) is 8.01. The summed E-state index contributed by atoms with van der Waals surface area (Å²) in [4.78, 5) is 0.169. The molecule has 9 heteroatoms. The quantitative estimate of drug-likeness (QED) is 0.683. The molecule has 2 aromatic carbocycles. The van der Waals surface area contributed by atoms with E-state index in [1.54, 1.807) is 51.1 Å². The number of hydrogen-bond donors (Lipinski definition) is 1. The number of aryl methyl sites for hydroxylation is 1. The van der Waals surface area contributed by atoms with Gasteiger partial charge in [0.1, 0.15) is 4.90 Å². The predicted octanol–water partition coefficient (Wildman–Crippen LogP) is 3.59. The Morgan fingerprint density at radius 1 is 0.962 bits per heavy atom. The van der Waals surface area contributed by atoms with Crippen LogP contribution in [0, 0.1) is 6.92 Å². The van der Waals surface area contributed by atoms with E-state index in [9.17, 15) is 16.8 Å². The lowest BCUT2D eigenvalue weighted by Crippen LogP contribution is -2.31. The minimum Gasteiger partial charge on any atom is -0.280 e. The van der Waals surface area contributed by atoms with Crippen molar-refractivity contribution in [1.29, 1.82) is 0 Å². The fourth-order valence-electron chi connectivity index (χ4n) is 2.52. The number of hydrogen-bond acceptors (Lipinski definition) is 4. The van der Waals surface area contributed by atoms with E-state index in [0.717, 1.165) is 0 Å². The second-order valence-corrected chi connectivity index (χ2v) is 10.0. The van der Waals surface area contributed by atoms with Gasteiger partial charge in [-0.05, 0) is 52.7 Å². The third-order valence-electron chi connectivity index (χ3n) is 3.89. The molecule has 0 radical (unpaired) electrons. The molecule has 2 aromatic rings. The fraction of sp³-hybridized carbons (Fsp3) is 0.294. The summed E-state index contributed by atoms with van der Waals surface area (Å²) >= 11 is 3.22. The zero-order chi connectivity index (χ0) is 19.5. The molecule has 1 N–H and O–H groups in total. The van der Waals surface area contributed by atoms with E-state index in [1.807, 2.05) is 0 Å². The summed E-state index contributed by atoms with van der Waals surface area (Å²) < 4.78 is 55.0. The van der Waals surface area contributed by atoms with Crippen LogP contribution in [-0.2, 0) is 20.0 Å². The molecule has 0 aromatic heterocycles. The second-order valence-electron chi connectivity index (χ2n) is 5.61. The van der Waals surface area contributed by atoms with Crippen molar-refractivity contribution in [2.75, 3.05) is 17.8 Å². The van der Waals surface area contributed by atoms with Gasteiger partial charge >= 0.3 is 0 Å². The van der Waals surface area contributed by atoms with E-state index < -0.39 is 20.0 Å². The van der Waals surface area contributed by atoms with Crippen molar-refractivity contribution in [2.45, 2.75) is 30.6 Å². The average molecular weight is 461 g/mol. The van der Waals surface area contributed by atoms with Crippen LogP contribution in [0.5, 0.6) is 0 Å². The molecule has 6 nitrogen and oxygen atoms in total. The van der Waals surface area contributed by atoms with Crippen molar-refractivity contribution >= 4 is 41.7 Å². The molecule has 0 aliphatic carbocycles. The van der Waals surface area contributed by atoms with Crippen molar-refractivity contribution in [3.05, 3.63) is 52.5 Å². The van der Waals surface area contributed by atoms with Crippen molar-refractivity contribution in [1.82, 2.24) is 4.31 Å². The Hall–Kier alpha value is -1.42. The zero-order valence-corrected chi connectivity index (χ0v) is 17.9. The van der Waals surface area contributed by atoms with Crippen molar-refractivity contribution in [3.63, 3.8) is 0 Å². The van der Waals surface area contributed by atoms with Crippen LogP contribution in [0.4, 0.5) is 5.69 Å². The highest BCUT2D eigenvalue weighted by molar-refractivity contribution is 9.10. The summed E-state index contributed by atoms with van der Waals surface area (Å²) in [6, 6.07) is 10.9. The predicted molar refractivity (Wildman–Crippen MR) is 106 cm³/mol. The second kappa shape index (κ2) is 8.08. The van der Waals surface area contributed by atoms with Crippen LogP contribution in [0.15, 0.2) is 56.7 Å². The number of sulfonamides is 2. The lowest BCUT2D eigenvalue weighted by molar-refractivity contribution is 0.445. The molecule has 0 aliphatic rings. The molecule has 0 bridgehead atoms. The number of nitrogens with one attached hydrogen (secondary N) is 1. The minimum atomic E-state index is -3.86. The number of benzene rings is 2. The maximum atomic E-state index is 12.8. The summed E-state index contributed by atoms with van der Waals surface area (Å²) in [7, 11) is -7.55. The topological polar surface area (TPSA) is 83.6 Å². The van der Waals surface area contributed by atoms with Crippen LogP contribution >= 0.6 is 15.9 Å². The molecule has 2 rings (SSSR count). The van der Waals surface area contributed by atoms with E-state index in [0.29, 0.717) is 23.1 Å². The summed E-state index contributed by atoms with van der Waals surface area (Å²) in [6.45, 7) is 5.88. The van der Waals surface area contributed by atoms with Crippen LogP contribution in [0.3, 0.4) is 0 Å². The average Bonchev–Trinajstić information content (AvgIpc) is 2.57.